The van der Waals surface area contributed by atoms with Crippen LogP contribution in [0.2, 0.25) is 0 Å². The van der Waals surface area contributed by atoms with Crippen LogP contribution in [0.4, 0.5) is 18.9 Å². The monoisotopic (exact) mass is 429 g/mol. The van der Waals surface area contributed by atoms with E-state index in [1.807, 2.05) is 6.92 Å². The molecule has 1 aliphatic heterocycles. The molecule has 1 unspecified atom stereocenters. The van der Waals surface area contributed by atoms with E-state index in [1.54, 1.807) is 4.90 Å². The van der Waals surface area contributed by atoms with Gasteiger partial charge in [0.2, 0.25) is 0 Å². The summed E-state index contributed by atoms with van der Waals surface area (Å²) in [4.78, 5) is 14.6. The minimum absolute atomic E-state index is 0. The molecule has 2 rings (SSSR count). The van der Waals surface area contributed by atoms with Crippen LogP contribution in [0, 0.1) is 6.92 Å². The van der Waals surface area contributed by atoms with E-state index in [1.165, 1.54) is 29.8 Å². The molecule has 0 radical (unpaired) electrons. The number of rotatable bonds is 6. The Morgan fingerprint density at radius 3 is 2.52 bits per heavy atom. The zero-order valence-corrected chi connectivity index (χ0v) is 16.6. The van der Waals surface area contributed by atoms with Crippen LogP contribution in [0.1, 0.15) is 35.7 Å². The average molecular weight is 430 g/mol. The summed E-state index contributed by atoms with van der Waals surface area (Å²) in [6.45, 7) is 5.52. The van der Waals surface area contributed by atoms with Gasteiger partial charge in [0, 0.05) is 24.7 Å². The Labute approximate surface area is 163 Å². The largest absolute Gasteiger partial charge is 0.516 e. The van der Waals surface area contributed by atoms with Crippen LogP contribution in [0.5, 0.6) is 0 Å². The fourth-order valence-corrected chi connectivity index (χ4v) is 3.51. The van der Waals surface area contributed by atoms with Crippen molar-refractivity contribution in [1.29, 1.82) is 0 Å². The maximum absolute atomic E-state index is 12.8. The molecule has 0 aliphatic carbocycles. The highest BCUT2D eigenvalue weighted by atomic mass is 35.5. The minimum Gasteiger partial charge on any atom is -0.334 e. The molecule has 11 heteroatoms. The second kappa shape index (κ2) is 9.11. The maximum Gasteiger partial charge on any atom is 0.516 e. The fraction of sp³-hybridized carbons (Fsp3) is 0.562. The van der Waals surface area contributed by atoms with E-state index in [4.69, 9.17) is 0 Å². The Bertz CT molecular complexity index is 766. The third-order valence-electron chi connectivity index (χ3n) is 4.22. The van der Waals surface area contributed by atoms with Gasteiger partial charge in [0.05, 0.1) is 5.69 Å². The lowest BCUT2D eigenvalue weighted by molar-refractivity contribution is -0.0429. The fourth-order valence-electron chi connectivity index (χ4n) is 2.88. The van der Waals surface area contributed by atoms with Crippen molar-refractivity contribution in [3.8, 4) is 0 Å². The Hall–Kier alpha value is -1.52. The first-order valence-electron chi connectivity index (χ1n) is 8.28. The molecule has 1 saturated heterocycles. The molecule has 0 bridgehead atoms. The SMILES string of the molecule is CCCN(C(=O)c1ccc(NS(=O)(=O)C(F)(F)F)c(C)c1)C1CCNC1.Cl. The molecule has 6 nitrogen and oxygen atoms in total. The Balaban J connectivity index is 0.00000364. The zero-order valence-electron chi connectivity index (χ0n) is 15.0. The van der Waals surface area contributed by atoms with Crippen LogP contribution in [0.15, 0.2) is 18.2 Å². The van der Waals surface area contributed by atoms with Crippen LogP contribution in [-0.4, -0.2) is 50.4 Å². The Morgan fingerprint density at radius 2 is 2.04 bits per heavy atom. The highest BCUT2D eigenvalue weighted by molar-refractivity contribution is 7.93. The molecular formula is C16H23ClF3N3O3S. The Morgan fingerprint density at radius 1 is 1.37 bits per heavy atom. The molecule has 1 atom stereocenters. The number of aryl methyl sites for hydroxylation is 1. The lowest BCUT2D eigenvalue weighted by Gasteiger charge is -2.28. The first kappa shape index (κ1) is 23.5. The molecule has 27 heavy (non-hydrogen) atoms. The maximum atomic E-state index is 12.8. The van der Waals surface area contributed by atoms with Crippen molar-refractivity contribution in [1.82, 2.24) is 10.2 Å². The van der Waals surface area contributed by atoms with Gasteiger partial charge in [-0.05, 0) is 50.1 Å². The number of nitrogens with one attached hydrogen (secondary N) is 2. The summed E-state index contributed by atoms with van der Waals surface area (Å²) in [5, 5.41) is 3.20. The quantitative estimate of drug-likeness (QED) is 0.728. The number of halogens is 4. The van der Waals surface area contributed by atoms with Gasteiger partial charge in [-0.2, -0.15) is 21.6 Å². The summed E-state index contributed by atoms with van der Waals surface area (Å²) in [6.07, 6.45) is 1.62. The molecule has 1 aliphatic rings. The highest BCUT2D eigenvalue weighted by Gasteiger charge is 2.46. The van der Waals surface area contributed by atoms with Gasteiger partial charge in [-0.25, -0.2) is 0 Å². The van der Waals surface area contributed by atoms with E-state index in [0.29, 0.717) is 18.7 Å². The first-order valence-corrected chi connectivity index (χ1v) is 9.76. The van der Waals surface area contributed by atoms with Crippen LogP contribution in [0.25, 0.3) is 0 Å². The van der Waals surface area contributed by atoms with Gasteiger partial charge in [0.15, 0.2) is 0 Å². The second-order valence-corrected chi connectivity index (χ2v) is 7.90. The van der Waals surface area contributed by atoms with E-state index in [0.717, 1.165) is 19.4 Å². The van der Waals surface area contributed by atoms with Gasteiger partial charge < -0.3 is 10.2 Å². The third-order valence-corrected chi connectivity index (χ3v) is 5.32. The molecule has 0 saturated carbocycles. The molecule has 1 heterocycles. The van der Waals surface area contributed by atoms with Crippen molar-refractivity contribution in [2.75, 3.05) is 24.4 Å². The number of sulfonamides is 1. The van der Waals surface area contributed by atoms with Crippen molar-refractivity contribution in [3.05, 3.63) is 29.3 Å². The molecule has 0 aromatic heterocycles. The molecule has 1 aromatic carbocycles. The number of hydrogen-bond donors (Lipinski definition) is 2. The van der Waals surface area contributed by atoms with Crippen molar-refractivity contribution >= 4 is 34.0 Å². The van der Waals surface area contributed by atoms with E-state index in [2.05, 4.69) is 5.32 Å². The lowest BCUT2D eigenvalue weighted by atomic mass is 10.1. The molecular weight excluding hydrogens is 407 g/mol. The Kier molecular flexibility index (Phi) is 7.94. The summed E-state index contributed by atoms with van der Waals surface area (Å²) in [5.41, 5.74) is -5.05. The number of amides is 1. The average Bonchev–Trinajstić information content (AvgIpc) is 3.06. The number of carbonyl (C=O) groups is 1. The van der Waals surface area contributed by atoms with E-state index < -0.39 is 15.5 Å². The van der Waals surface area contributed by atoms with Gasteiger partial charge in [-0.1, -0.05) is 6.92 Å². The molecule has 1 fully saturated rings. The normalized spacial score (nSPS) is 17.3. The third kappa shape index (κ3) is 5.49. The van der Waals surface area contributed by atoms with E-state index in [9.17, 15) is 26.4 Å². The number of nitrogens with zero attached hydrogens (tertiary/aromatic N) is 1. The topological polar surface area (TPSA) is 78.5 Å². The smallest absolute Gasteiger partial charge is 0.334 e. The second-order valence-electron chi connectivity index (χ2n) is 6.23. The highest BCUT2D eigenvalue weighted by Crippen LogP contribution is 2.27. The van der Waals surface area contributed by atoms with Crippen molar-refractivity contribution in [3.63, 3.8) is 0 Å². The van der Waals surface area contributed by atoms with Crippen LogP contribution < -0.4 is 10.0 Å². The molecule has 154 valence electrons. The summed E-state index contributed by atoms with van der Waals surface area (Å²) in [5.74, 6) is -0.214. The van der Waals surface area contributed by atoms with Crippen molar-refractivity contribution in [2.45, 2.75) is 38.2 Å². The zero-order chi connectivity index (χ0) is 19.5. The molecule has 2 N–H and O–H groups in total. The summed E-state index contributed by atoms with van der Waals surface area (Å²) in [7, 11) is -5.50. The number of hydrogen-bond acceptors (Lipinski definition) is 4. The van der Waals surface area contributed by atoms with Gasteiger partial charge in [-0.3, -0.25) is 9.52 Å². The lowest BCUT2D eigenvalue weighted by Crippen LogP contribution is -2.42. The molecule has 1 amide bonds. The van der Waals surface area contributed by atoms with Crippen LogP contribution >= 0.6 is 12.4 Å². The summed E-state index contributed by atoms with van der Waals surface area (Å²) >= 11 is 0. The van der Waals surface area contributed by atoms with Crippen LogP contribution in [0.3, 0.4) is 0 Å². The van der Waals surface area contributed by atoms with Crippen molar-refractivity contribution < 1.29 is 26.4 Å². The van der Waals surface area contributed by atoms with Gasteiger partial charge in [0.25, 0.3) is 5.91 Å². The number of carbonyl (C=O) groups excluding carboxylic acids is 1. The summed E-state index contributed by atoms with van der Waals surface area (Å²) in [6, 6.07) is 4.00. The van der Waals surface area contributed by atoms with Crippen molar-refractivity contribution in [2.24, 2.45) is 0 Å². The van der Waals surface area contributed by atoms with Gasteiger partial charge in [-0.15, -0.1) is 12.4 Å². The predicted octanol–water partition coefficient (Wildman–Crippen LogP) is 2.89. The van der Waals surface area contributed by atoms with Crippen LogP contribution in [-0.2, 0) is 10.0 Å². The number of alkyl halides is 3. The summed E-state index contributed by atoms with van der Waals surface area (Å²) < 4.78 is 61.5. The number of anilines is 1. The van der Waals surface area contributed by atoms with Gasteiger partial charge in [0.1, 0.15) is 0 Å². The van der Waals surface area contributed by atoms with E-state index in [-0.39, 0.29) is 35.6 Å². The predicted molar refractivity (Wildman–Crippen MR) is 99.6 cm³/mol. The number of benzene rings is 1. The van der Waals surface area contributed by atoms with Gasteiger partial charge >= 0.3 is 15.5 Å². The molecule has 1 aromatic rings. The standard InChI is InChI=1S/C16H22F3N3O3S.ClH/c1-3-8-22(13-6-7-20-10-13)15(23)12-4-5-14(11(2)9-12)21-26(24,25)16(17,18)19;/h4-5,9,13,20-21H,3,6-8,10H2,1-2H3;1H. The first-order chi connectivity index (χ1) is 12.1. The molecule has 0 spiro atoms. The van der Waals surface area contributed by atoms with E-state index >= 15 is 0 Å². The minimum atomic E-state index is -5.50.